The van der Waals surface area contributed by atoms with Gasteiger partial charge in [0.1, 0.15) is 18.2 Å². The molecule has 0 saturated heterocycles. The van der Waals surface area contributed by atoms with Crippen molar-refractivity contribution in [2.75, 3.05) is 24.6 Å². The lowest BCUT2D eigenvalue weighted by Crippen LogP contribution is -2.28. The summed E-state index contributed by atoms with van der Waals surface area (Å²) in [5.41, 5.74) is 4.50. The van der Waals surface area contributed by atoms with Crippen molar-refractivity contribution in [1.29, 1.82) is 0 Å². The molecule has 1 amide bonds. The highest BCUT2D eigenvalue weighted by Gasteiger charge is 2.18. The zero-order valence-electron chi connectivity index (χ0n) is 16.1. The van der Waals surface area contributed by atoms with Crippen molar-refractivity contribution in [1.82, 2.24) is 5.32 Å². The van der Waals surface area contributed by atoms with Gasteiger partial charge in [0.2, 0.25) is 0 Å². The van der Waals surface area contributed by atoms with Gasteiger partial charge in [-0.25, -0.2) is 4.39 Å². The number of nitrogens with zero attached hydrogens (tertiary/aromatic N) is 1. The molecule has 1 heterocycles. The summed E-state index contributed by atoms with van der Waals surface area (Å²) < 4.78 is 18.3. The molecule has 1 aliphatic heterocycles. The van der Waals surface area contributed by atoms with Gasteiger partial charge in [-0.3, -0.25) is 4.79 Å². The SMILES string of the molecule is O=C(NCCOc1ccc(F)cc1)c1ccc(CN2CCc3ccccc32)cc1. The quantitative estimate of drug-likeness (QED) is 0.615. The van der Waals surface area contributed by atoms with Gasteiger partial charge in [-0.15, -0.1) is 0 Å². The molecule has 0 spiro atoms. The Bertz CT molecular complexity index is 971. The number of rotatable bonds is 7. The first kappa shape index (κ1) is 19.0. The van der Waals surface area contributed by atoms with Gasteiger partial charge in [-0.2, -0.15) is 0 Å². The van der Waals surface area contributed by atoms with E-state index in [0.717, 1.165) is 19.5 Å². The van der Waals surface area contributed by atoms with Gasteiger partial charge in [0.05, 0.1) is 6.54 Å². The first-order valence-corrected chi connectivity index (χ1v) is 9.77. The third-order valence-corrected chi connectivity index (χ3v) is 5.04. The first-order valence-electron chi connectivity index (χ1n) is 9.77. The minimum Gasteiger partial charge on any atom is -0.492 e. The molecule has 0 aromatic heterocycles. The van der Waals surface area contributed by atoms with Gasteiger partial charge in [0.15, 0.2) is 0 Å². The lowest BCUT2D eigenvalue weighted by atomic mass is 10.1. The summed E-state index contributed by atoms with van der Waals surface area (Å²) in [5, 5.41) is 2.84. The molecule has 4 rings (SSSR count). The molecule has 3 aromatic rings. The van der Waals surface area contributed by atoms with E-state index in [1.54, 1.807) is 12.1 Å². The molecule has 1 aliphatic rings. The lowest BCUT2D eigenvalue weighted by molar-refractivity contribution is 0.0947. The van der Waals surface area contributed by atoms with Crippen molar-refractivity contribution in [3.05, 3.63) is 95.3 Å². The van der Waals surface area contributed by atoms with Gasteiger partial charge in [0.25, 0.3) is 5.91 Å². The van der Waals surface area contributed by atoms with Crippen molar-refractivity contribution in [2.45, 2.75) is 13.0 Å². The van der Waals surface area contributed by atoms with Gasteiger partial charge in [-0.05, 0) is 60.0 Å². The highest BCUT2D eigenvalue weighted by atomic mass is 19.1. The molecular formula is C24H23FN2O2. The zero-order valence-corrected chi connectivity index (χ0v) is 16.1. The van der Waals surface area contributed by atoms with Gasteiger partial charge in [0, 0.05) is 24.3 Å². The van der Waals surface area contributed by atoms with E-state index in [4.69, 9.17) is 4.74 Å². The second kappa shape index (κ2) is 8.78. The molecule has 0 radical (unpaired) electrons. The number of amides is 1. The number of benzene rings is 3. The number of ether oxygens (including phenoxy) is 1. The maximum Gasteiger partial charge on any atom is 0.251 e. The monoisotopic (exact) mass is 390 g/mol. The Labute approximate surface area is 169 Å². The third kappa shape index (κ3) is 4.74. The summed E-state index contributed by atoms with van der Waals surface area (Å²) in [4.78, 5) is 14.7. The number of carbonyl (C=O) groups is 1. The maximum atomic E-state index is 12.9. The predicted octanol–water partition coefficient (Wildman–Crippen LogP) is 4.20. The Balaban J connectivity index is 1.25. The van der Waals surface area contributed by atoms with E-state index >= 15 is 0 Å². The normalized spacial score (nSPS) is 12.5. The molecule has 4 nitrogen and oxygen atoms in total. The van der Waals surface area contributed by atoms with E-state index in [9.17, 15) is 9.18 Å². The number of hydrogen-bond donors (Lipinski definition) is 1. The van der Waals surface area contributed by atoms with Crippen LogP contribution >= 0.6 is 0 Å². The topological polar surface area (TPSA) is 41.6 Å². The number of nitrogens with one attached hydrogen (secondary N) is 1. The van der Waals surface area contributed by atoms with Crippen LogP contribution in [-0.4, -0.2) is 25.6 Å². The van der Waals surface area contributed by atoms with Crippen LogP contribution in [0.1, 0.15) is 21.5 Å². The van der Waals surface area contributed by atoms with E-state index in [1.807, 2.05) is 24.3 Å². The zero-order chi connectivity index (χ0) is 20.1. The molecule has 1 N–H and O–H groups in total. The second-order valence-corrected chi connectivity index (χ2v) is 7.06. The molecule has 29 heavy (non-hydrogen) atoms. The summed E-state index contributed by atoms with van der Waals surface area (Å²) in [6.07, 6.45) is 1.08. The van der Waals surface area contributed by atoms with E-state index in [1.165, 1.54) is 28.9 Å². The van der Waals surface area contributed by atoms with Crippen molar-refractivity contribution in [3.8, 4) is 5.75 Å². The molecule has 0 aliphatic carbocycles. The Morgan fingerprint density at radius 1 is 1.00 bits per heavy atom. The molecule has 0 bridgehead atoms. The lowest BCUT2D eigenvalue weighted by Gasteiger charge is -2.19. The summed E-state index contributed by atoms with van der Waals surface area (Å²) in [6.45, 7) is 2.56. The first-order chi connectivity index (χ1) is 14.2. The number of hydrogen-bond acceptors (Lipinski definition) is 3. The number of para-hydroxylation sites is 1. The van der Waals surface area contributed by atoms with E-state index in [-0.39, 0.29) is 11.7 Å². The summed E-state index contributed by atoms with van der Waals surface area (Å²) >= 11 is 0. The average Bonchev–Trinajstić information content (AvgIpc) is 3.16. The van der Waals surface area contributed by atoms with Gasteiger partial charge >= 0.3 is 0 Å². The predicted molar refractivity (Wildman–Crippen MR) is 112 cm³/mol. The van der Waals surface area contributed by atoms with Crippen LogP contribution in [0.25, 0.3) is 0 Å². The molecule has 148 valence electrons. The van der Waals surface area contributed by atoms with Crippen molar-refractivity contribution < 1.29 is 13.9 Å². The van der Waals surface area contributed by atoms with Gasteiger partial charge < -0.3 is 15.0 Å². The summed E-state index contributed by atoms with van der Waals surface area (Å²) in [6, 6.07) is 22.0. The molecule has 0 unspecified atom stereocenters. The summed E-state index contributed by atoms with van der Waals surface area (Å²) in [5.74, 6) is 0.141. The molecular weight excluding hydrogens is 367 g/mol. The minimum atomic E-state index is -0.303. The standard InChI is InChI=1S/C24H23FN2O2/c25-21-9-11-22(12-10-21)29-16-14-26-24(28)20-7-5-18(6-8-20)17-27-15-13-19-3-1-2-4-23(19)27/h1-12H,13-17H2,(H,26,28). The molecule has 0 saturated carbocycles. The fraction of sp³-hybridized carbons (Fsp3) is 0.208. The Morgan fingerprint density at radius 2 is 1.76 bits per heavy atom. The van der Waals surface area contributed by atoms with Crippen LogP contribution in [0.4, 0.5) is 10.1 Å². The smallest absolute Gasteiger partial charge is 0.251 e. The number of anilines is 1. The number of carbonyl (C=O) groups excluding carboxylic acids is 1. The highest BCUT2D eigenvalue weighted by Crippen LogP contribution is 2.28. The van der Waals surface area contributed by atoms with Crippen LogP contribution in [0.2, 0.25) is 0 Å². The maximum absolute atomic E-state index is 12.9. The Hall–Kier alpha value is -3.34. The molecule has 3 aromatic carbocycles. The summed E-state index contributed by atoms with van der Waals surface area (Å²) in [7, 11) is 0. The van der Waals surface area contributed by atoms with E-state index in [0.29, 0.717) is 24.5 Å². The minimum absolute atomic E-state index is 0.134. The van der Waals surface area contributed by atoms with Crippen LogP contribution in [0.5, 0.6) is 5.75 Å². The number of fused-ring (bicyclic) bond motifs is 1. The molecule has 0 atom stereocenters. The molecule has 5 heteroatoms. The van der Waals surface area contributed by atoms with Gasteiger partial charge in [-0.1, -0.05) is 30.3 Å². The van der Waals surface area contributed by atoms with Crippen LogP contribution < -0.4 is 15.0 Å². The number of halogens is 1. The van der Waals surface area contributed by atoms with E-state index in [2.05, 4.69) is 34.5 Å². The van der Waals surface area contributed by atoms with E-state index < -0.39 is 0 Å². The molecule has 0 fully saturated rings. The van der Waals surface area contributed by atoms with Crippen molar-refractivity contribution in [2.24, 2.45) is 0 Å². The Morgan fingerprint density at radius 3 is 2.55 bits per heavy atom. The fourth-order valence-corrected chi connectivity index (χ4v) is 3.52. The Kier molecular flexibility index (Phi) is 5.75. The third-order valence-electron chi connectivity index (χ3n) is 5.04. The van der Waals surface area contributed by atoms with Crippen molar-refractivity contribution in [3.63, 3.8) is 0 Å². The van der Waals surface area contributed by atoms with Crippen LogP contribution in [0, 0.1) is 5.82 Å². The largest absolute Gasteiger partial charge is 0.492 e. The van der Waals surface area contributed by atoms with Crippen molar-refractivity contribution >= 4 is 11.6 Å². The highest BCUT2D eigenvalue weighted by molar-refractivity contribution is 5.94. The van der Waals surface area contributed by atoms with Crippen LogP contribution in [0.3, 0.4) is 0 Å². The van der Waals surface area contributed by atoms with Crippen LogP contribution in [-0.2, 0) is 13.0 Å². The van der Waals surface area contributed by atoms with Crippen LogP contribution in [0.15, 0.2) is 72.8 Å². The average molecular weight is 390 g/mol. The fourth-order valence-electron chi connectivity index (χ4n) is 3.52. The second-order valence-electron chi connectivity index (χ2n) is 7.06.